The molecule has 7 heteroatoms. The Bertz CT molecular complexity index is 5060. The first kappa shape index (κ1) is 41.1. The normalized spacial score (nSPS) is 12.0. The highest BCUT2D eigenvalue weighted by Crippen LogP contribution is 2.50. The number of nitrogens with zero attached hydrogens (tertiary/aromatic N) is 7. The molecule has 0 unspecified atom stereocenters. The zero-order valence-electron chi connectivity index (χ0n) is 40.1. The fourth-order valence-electron chi connectivity index (χ4n) is 12.9. The van der Waals surface area contributed by atoms with E-state index in [1.54, 1.807) is 0 Å². The van der Waals surface area contributed by atoms with Crippen molar-refractivity contribution >= 4 is 109 Å². The first-order chi connectivity index (χ1) is 37.2. The van der Waals surface area contributed by atoms with Crippen LogP contribution in [0.4, 0.5) is 0 Å². The lowest BCUT2D eigenvalue weighted by Gasteiger charge is -2.27. The Morgan fingerprint density at radius 1 is 0.227 bits per heavy atom. The quantitative estimate of drug-likeness (QED) is 0.172. The van der Waals surface area contributed by atoms with E-state index in [2.05, 4.69) is 259 Å². The summed E-state index contributed by atoms with van der Waals surface area (Å²) in [6.07, 6.45) is 0. The van der Waals surface area contributed by atoms with Gasteiger partial charge in [-0.1, -0.05) is 170 Å². The van der Waals surface area contributed by atoms with Crippen molar-refractivity contribution in [3.8, 4) is 40.6 Å². The van der Waals surface area contributed by atoms with Crippen molar-refractivity contribution in [2.75, 3.05) is 0 Å². The molecule has 75 heavy (non-hydrogen) atoms. The lowest BCUT2D eigenvalue weighted by molar-refractivity contribution is 1.02. The molecule has 0 radical (unpaired) electrons. The Hall–Kier alpha value is -10.6. The molecule has 0 fully saturated rings. The van der Waals surface area contributed by atoms with Crippen molar-refractivity contribution in [3.05, 3.63) is 248 Å². The largest absolute Gasteiger partial charge is 0.309 e. The molecule has 16 aromatic rings. The van der Waals surface area contributed by atoms with Crippen LogP contribution in [-0.4, -0.2) is 22.8 Å². The van der Waals surface area contributed by atoms with Gasteiger partial charge in [-0.2, -0.15) is 10.5 Å². The van der Waals surface area contributed by atoms with Gasteiger partial charge in [0, 0.05) is 59.5 Å². The van der Waals surface area contributed by atoms with Crippen LogP contribution in [0.25, 0.3) is 137 Å². The van der Waals surface area contributed by atoms with E-state index < -0.39 is 0 Å². The molecule has 0 saturated carbocycles. The molecule has 346 valence electrons. The second kappa shape index (κ2) is 15.5. The van der Waals surface area contributed by atoms with E-state index in [0.717, 1.165) is 115 Å². The Labute approximate surface area is 428 Å². The van der Waals surface area contributed by atoms with Crippen molar-refractivity contribution in [3.63, 3.8) is 0 Å². The molecule has 0 N–H and O–H groups in total. The van der Waals surface area contributed by atoms with Crippen LogP contribution in [0.1, 0.15) is 11.1 Å². The summed E-state index contributed by atoms with van der Waals surface area (Å²) in [6.45, 7) is 0. The van der Waals surface area contributed by atoms with E-state index in [0.29, 0.717) is 33.9 Å². The second-order valence-corrected chi connectivity index (χ2v) is 19.4. The molecule has 0 atom stereocenters. The molecule has 0 aliphatic heterocycles. The summed E-state index contributed by atoms with van der Waals surface area (Å²) in [7, 11) is 0. The maximum Gasteiger partial charge on any atom is 0.104 e. The SMILES string of the molecule is N#Cc1c(-n2c3ccccc3c3ccccc32)c(C#N)c(-n2c3ccccc3c3ccc4c(c5ccccc5n4-c4ccccc4)c32)c(-n2c3ccccc3c3ccccc32)c1-n1c2ccccc2c2ccccc21. The predicted molar refractivity (Wildman–Crippen MR) is 308 cm³/mol. The van der Waals surface area contributed by atoms with Gasteiger partial charge in [-0.15, -0.1) is 0 Å². The topological polar surface area (TPSA) is 72.2 Å². The number of para-hydroxylation sites is 9. The van der Waals surface area contributed by atoms with Crippen molar-refractivity contribution in [2.45, 2.75) is 0 Å². The summed E-state index contributed by atoms with van der Waals surface area (Å²) in [5.74, 6) is 0. The van der Waals surface area contributed by atoms with Gasteiger partial charge in [-0.05, 0) is 66.7 Å². The third-order valence-electron chi connectivity index (χ3n) is 15.7. The van der Waals surface area contributed by atoms with E-state index in [-0.39, 0.29) is 0 Å². The van der Waals surface area contributed by atoms with Crippen molar-refractivity contribution < 1.29 is 0 Å². The maximum atomic E-state index is 12.7. The molecular weight excluding hydrogens is 915 g/mol. The van der Waals surface area contributed by atoms with E-state index in [4.69, 9.17) is 0 Å². The standard InChI is InChI=1S/C68H39N7/c69-40-52-64(72-54-30-12-4-22-43(54)44-23-5-13-31-55(44)72)53(41-70)67(75-60-36-18-10-28-49(60)50-38-39-62-63(65(50)75)51-29-11-19-37-61(51)71(62)42-20-2-1-3-21-42)68(74-58-34-16-8-26-47(58)48-27-9-17-35-59(48)74)66(52)73-56-32-14-6-24-45(56)46-25-7-15-33-57(46)73/h1-39H. The fraction of sp³-hybridized carbons (Fsp3) is 0. The molecular formula is C68H39N7. The van der Waals surface area contributed by atoms with E-state index in [1.165, 1.54) is 0 Å². The molecule has 5 aromatic heterocycles. The molecule has 0 aliphatic carbocycles. The zero-order chi connectivity index (χ0) is 49.5. The first-order valence-electron chi connectivity index (χ1n) is 25.2. The number of hydrogen-bond acceptors (Lipinski definition) is 2. The third kappa shape index (κ3) is 5.40. The lowest BCUT2D eigenvalue weighted by Crippen LogP contribution is -2.17. The minimum absolute atomic E-state index is 0.367. The van der Waals surface area contributed by atoms with Gasteiger partial charge >= 0.3 is 0 Å². The van der Waals surface area contributed by atoms with Gasteiger partial charge in [0.2, 0.25) is 0 Å². The molecule has 5 heterocycles. The Kier molecular flexibility index (Phi) is 8.46. The van der Waals surface area contributed by atoms with Gasteiger partial charge in [-0.25, -0.2) is 0 Å². The summed E-state index contributed by atoms with van der Waals surface area (Å²) < 4.78 is 11.6. The van der Waals surface area contributed by atoms with Crippen molar-refractivity contribution in [1.29, 1.82) is 10.5 Å². The van der Waals surface area contributed by atoms with Gasteiger partial charge in [-0.3, -0.25) is 0 Å². The molecule has 0 amide bonds. The van der Waals surface area contributed by atoms with Crippen molar-refractivity contribution in [1.82, 2.24) is 22.8 Å². The highest BCUT2D eigenvalue weighted by Gasteiger charge is 2.35. The Balaban J connectivity index is 1.25. The second-order valence-electron chi connectivity index (χ2n) is 19.4. The number of nitriles is 2. The molecule has 7 nitrogen and oxygen atoms in total. The van der Waals surface area contributed by atoms with Crippen LogP contribution < -0.4 is 0 Å². The minimum Gasteiger partial charge on any atom is -0.309 e. The zero-order valence-corrected chi connectivity index (χ0v) is 40.1. The first-order valence-corrected chi connectivity index (χ1v) is 25.2. The fourth-order valence-corrected chi connectivity index (χ4v) is 12.9. The van der Waals surface area contributed by atoms with Crippen molar-refractivity contribution in [2.24, 2.45) is 0 Å². The molecule has 0 aliphatic rings. The summed E-state index contributed by atoms with van der Waals surface area (Å²) in [5, 5.41) is 35.7. The molecule has 0 saturated heterocycles. The van der Waals surface area contributed by atoms with Crippen LogP contribution in [0.5, 0.6) is 0 Å². The number of aromatic nitrogens is 5. The molecule has 16 rings (SSSR count). The minimum atomic E-state index is 0.367. The smallest absolute Gasteiger partial charge is 0.104 e. The van der Waals surface area contributed by atoms with E-state index in [1.807, 2.05) is 12.1 Å². The van der Waals surface area contributed by atoms with Gasteiger partial charge in [0.1, 0.15) is 23.3 Å². The predicted octanol–water partition coefficient (Wildman–Crippen LogP) is 16.9. The van der Waals surface area contributed by atoms with Gasteiger partial charge in [0.25, 0.3) is 0 Å². The molecule has 11 aromatic carbocycles. The van der Waals surface area contributed by atoms with Crippen LogP contribution in [0.3, 0.4) is 0 Å². The lowest BCUT2D eigenvalue weighted by atomic mass is 9.98. The van der Waals surface area contributed by atoms with Crippen LogP contribution >= 0.6 is 0 Å². The van der Waals surface area contributed by atoms with Crippen LogP contribution in [0.2, 0.25) is 0 Å². The number of benzene rings is 11. The molecule has 0 bridgehead atoms. The monoisotopic (exact) mass is 953 g/mol. The summed E-state index contributed by atoms with van der Waals surface area (Å²) in [5.41, 5.74) is 13.9. The highest BCUT2D eigenvalue weighted by atomic mass is 15.1. The average Bonchev–Trinajstić information content (AvgIpc) is 4.29. The number of fused-ring (bicyclic) bond motifs is 16. The Morgan fingerprint density at radius 2 is 0.533 bits per heavy atom. The van der Waals surface area contributed by atoms with E-state index in [9.17, 15) is 10.5 Å². The Morgan fingerprint density at radius 3 is 0.947 bits per heavy atom. The number of hydrogen-bond donors (Lipinski definition) is 0. The summed E-state index contributed by atoms with van der Waals surface area (Å²) in [6, 6.07) is 88.9. The van der Waals surface area contributed by atoms with E-state index >= 15 is 0 Å². The average molecular weight is 954 g/mol. The van der Waals surface area contributed by atoms with Gasteiger partial charge in [0.05, 0.1) is 77.9 Å². The van der Waals surface area contributed by atoms with Crippen LogP contribution in [0, 0.1) is 22.7 Å². The summed E-state index contributed by atoms with van der Waals surface area (Å²) >= 11 is 0. The van der Waals surface area contributed by atoms with Gasteiger partial charge in [0.15, 0.2) is 0 Å². The van der Waals surface area contributed by atoms with Gasteiger partial charge < -0.3 is 22.8 Å². The maximum absolute atomic E-state index is 12.7. The number of rotatable bonds is 5. The summed E-state index contributed by atoms with van der Waals surface area (Å²) in [4.78, 5) is 0. The molecule has 0 spiro atoms. The third-order valence-corrected chi connectivity index (χ3v) is 15.7. The van der Waals surface area contributed by atoms with Crippen LogP contribution in [-0.2, 0) is 0 Å². The highest BCUT2D eigenvalue weighted by molar-refractivity contribution is 6.27. The van der Waals surface area contributed by atoms with Crippen LogP contribution in [0.15, 0.2) is 237 Å².